The smallest absolute Gasteiger partial charge is 0.338 e. The van der Waals surface area contributed by atoms with E-state index >= 15 is 0 Å². The Balaban J connectivity index is 2.40. The lowest BCUT2D eigenvalue weighted by molar-refractivity contribution is 0.0692. The van der Waals surface area contributed by atoms with Crippen LogP contribution in [0.5, 0.6) is 0 Å². The number of carboxylic acids is 1. The number of rotatable bonds is 3. The Bertz CT molecular complexity index is 806. The highest BCUT2D eigenvalue weighted by Crippen LogP contribution is 2.22. The summed E-state index contributed by atoms with van der Waals surface area (Å²) in [6, 6.07) is 8.97. The maximum atomic E-state index is 13.9. The quantitative estimate of drug-likeness (QED) is 0.894. The molecule has 0 aliphatic carbocycles. The van der Waals surface area contributed by atoms with Crippen molar-refractivity contribution in [3.8, 4) is 12.1 Å². The summed E-state index contributed by atoms with van der Waals surface area (Å²) in [4.78, 5) is 14.6. The number of hydrogen-bond donors (Lipinski definition) is 2. The van der Waals surface area contributed by atoms with Gasteiger partial charge in [-0.1, -0.05) is 0 Å². The molecule has 1 heterocycles. The zero-order valence-electron chi connectivity index (χ0n) is 10.5. The van der Waals surface area contributed by atoms with Crippen LogP contribution >= 0.6 is 0 Å². The topological polar surface area (TPSA) is 110 Å². The molecule has 21 heavy (non-hydrogen) atoms. The Hall–Kier alpha value is -3.45. The van der Waals surface area contributed by atoms with Gasteiger partial charge in [-0.05, 0) is 24.3 Å². The van der Waals surface area contributed by atoms with Gasteiger partial charge in [0.2, 0.25) is 0 Å². The van der Waals surface area contributed by atoms with E-state index < -0.39 is 17.3 Å². The standard InChI is InChI=1S/C14H7FN4O2/c15-12-11(14(20)21)3-4-18-13(12)19-10-2-1-8(6-16)9(5-10)7-17/h1-5H,(H,18,19)(H,20,21). The maximum absolute atomic E-state index is 13.9. The first-order valence-corrected chi connectivity index (χ1v) is 5.66. The second kappa shape index (κ2) is 5.68. The zero-order chi connectivity index (χ0) is 15.4. The van der Waals surface area contributed by atoms with Gasteiger partial charge in [0, 0.05) is 11.9 Å². The normalized spacial score (nSPS) is 9.48. The van der Waals surface area contributed by atoms with Gasteiger partial charge in [0.15, 0.2) is 11.6 Å². The van der Waals surface area contributed by atoms with E-state index in [4.69, 9.17) is 15.6 Å². The Kier molecular flexibility index (Phi) is 3.78. The van der Waals surface area contributed by atoms with E-state index in [0.29, 0.717) is 5.69 Å². The fourth-order valence-electron chi connectivity index (χ4n) is 1.64. The highest BCUT2D eigenvalue weighted by atomic mass is 19.1. The van der Waals surface area contributed by atoms with Crippen LogP contribution in [-0.4, -0.2) is 16.1 Å². The van der Waals surface area contributed by atoms with Crippen LogP contribution in [0.3, 0.4) is 0 Å². The van der Waals surface area contributed by atoms with E-state index in [2.05, 4.69) is 10.3 Å². The number of hydrogen-bond acceptors (Lipinski definition) is 5. The summed E-state index contributed by atoms with van der Waals surface area (Å²) in [6.07, 6.45) is 1.16. The summed E-state index contributed by atoms with van der Waals surface area (Å²) in [6.45, 7) is 0. The monoisotopic (exact) mass is 282 g/mol. The van der Waals surface area contributed by atoms with E-state index in [1.165, 1.54) is 18.2 Å². The van der Waals surface area contributed by atoms with Crippen molar-refractivity contribution in [1.82, 2.24) is 4.98 Å². The van der Waals surface area contributed by atoms with Gasteiger partial charge in [0.05, 0.1) is 11.1 Å². The molecule has 0 aliphatic heterocycles. The van der Waals surface area contributed by atoms with Crippen LogP contribution in [0.4, 0.5) is 15.9 Å². The number of aromatic nitrogens is 1. The molecule has 0 aliphatic rings. The largest absolute Gasteiger partial charge is 0.478 e. The lowest BCUT2D eigenvalue weighted by Gasteiger charge is -2.08. The van der Waals surface area contributed by atoms with Gasteiger partial charge in [-0.3, -0.25) is 0 Å². The van der Waals surface area contributed by atoms with Crippen LogP contribution in [0.2, 0.25) is 0 Å². The second-order valence-corrected chi connectivity index (χ2v) is 3.94. The molecule has 0 unspecified atom stereocenters. The number of nitriles is 2. The van der Waals surface area contributed by atoms with E-state index in [1.807, 2.05) is 12.1 Å². The van der Waals surface area contributed by atoms with Crippen LogP contribution < -0.4 is 5.32 Å². The summed E-state index contributed by atoms with van der Waals surface area (Å²) < 4.78 is 13.9. The number of halogens is 1. The molecule has 0 bridgehead atoms. The third-order valence-electron chi connectivity index (χ3n) is 2.64. The molecule has 0 saturated heterocycles. The lowest BCUT2D eigenvalue weighted by atomic mass is 10.1. The minimum Gasteiger partial charge on any atom is -0.478 e. The number of nitrogens with zero attached hydrogens (tertiary/aromatic N) is 3. The molecular weight excluding hydrogens is 275 g/mol. The average molecular weight is 282 g/mol. The number of carboxylic acid groups (broad SMARTS) is 1. The third-order valence-corrected chi connectivity index (χ3v) is 2.64. The third kappa shape index (κ3) is 2.77. The van der Waals surface area contributed by atoms with Crippen molar-refractivity contribution >= 4 is 17.5 Å². The molecular formula is C14H7FN4O2. The van der Waals surface area contributed by atoms with Crippen LogP contribution in [0, 0.1) is 28.5 Å². The SMILES string of the molecule is N#Cc1ccc(Nc2nccc(C(=O)O)c2F)cc1C#N. The molecule has 2 N–H and O–H groups in total. The van der Waals surface area contributed by atoms with Crippen LogP contribution in [0.1, 0.15) is 21.5 Å². The van der Waals surface area contributed by atoms with Crippen LogP contribution in [0.25, 0.3) is 0 Å². The van der Waals surface area contributed by atoms with Crippen LogP contribution in [-0.2, 0) is 0 Å². The van der Waals surface area contributed by atoms with Crippen molar-refractivity contribution in [2.75, 3.05) is 5.32 Å². The number of pyridine rings is 1. The lowest BCUT2D eigenvalue weighted by Crippen LogP contribution is -2.05. The second-order valence-electron chi connectivity index (χ2n) is 3.94. The molecule has 102 valence electrons. The van der Waals surface area contributed by atoms with E-state index in [1.54, 1.807) is 0 Å². The van der Waals surface area contributed by atoms with Gasteiger partial charge in [0.1, 0.15) is 17.7 Å². The molecule has 2 rings (SSSR count). The predicted molar refractivity (Wildman–Crippen MR) is 70.3 cm³/mol. The summed E-state index contributed by atoms with van der Waals surface area (Å²) in [7, 11) is 0. The first-order chi connectivity index (χ1) is 10.1. The van der Waals surface area contributed by atoms with Crippen molar-refractivity contribution in [3.05, 3.63) is 53.0 Å². The van der Waals surface area contributed by atoms with Gasteiger partial charge in [0.25, 0.3) is 0 Å². The molecule has 0 fully saturated rings. The first-order valence-electron chi connectivity index (χ1n) is 5.66. The molecule has 0 saturated carbocycles. The first kappa shape index (κ1) is 14.0. The van der Waals surface area contributed by atoms with Gasteiger partial charge >= 0.3 is 5.97 Å². The molecule has 0 spiro atoms. The van der Waals surface area contributed by atoms with Crippen molar-refractivity contribution < 1.29 is 14.3 Å². The Morgan fingerprint density at radius 3 is 2.57 bits per heavy atom. The Labute approximate surface area is 118 Å². The number of aromatic carboxylic acids is 1. The van der Waals surface area contributed by atoms with Gasteiger partial charge in [-0.15, -0.1) is 0 Å². The van der Waals surface area contributed by atoms with Gasteiger partial charge in [-0.25, -0.2) is 14.2 Å². The number of nitrogens with one attached hydrogen (secondary N) is 1. The van der Waals surface area contributed by atoms with Gasteiger partial charge < -0.3 is 10.4 Å². The van der Waals surface area contributed by atoms with Crippen molar-refractivity contribution in [3.63, 3.8) is 0 Å². The molecule has 0 atom stereocenters. The molecule has 2 aromatic rings. The minimum atomic E-state index is -1.41. The average Bonchev–Trinajstić information content (AvgIpc) is 2.48. The molecule has 1 aromatic heterocycles. The predicted octanol–water partition coefficient (Wildman–Crippen LogP) is 2.41. The van der Waals surface area contributed by atoms with Crippen LogP contribution in [0.15, 0.2) is 30.5 Å². The summed E-state index contributed by atoms with van der Waals surface area (Å²) in [5, 5.41) is 29.1. The fourth-order valence-corrected chi connectivity index (χ4v) is 1.64. The number of anilines is 2. The number of benzene rings is 1. The Morgan fingerprint density at radius 2 is 1.95 bits per heavy atom. The van der Waals surface area contributed by atoms with E-state index in [0.717, 1.165) is 12.3 Å². The van der Waals surface area contributed by atoms with Crippen molar-refractivity contribution in [1.29, 1.82) is 10.5 Å². The van der Waals surface area contributed by atoms with Gasteiger partial charge in [-0.2, -0.15) is 10.5 Å². The molecule has 7 heteroatoms. The van der Waals surface area contributed by atoms with E-state index in [9.17, 15) is 9.18 Å². The summed E-state index contributed by atoms with van der Waals surface area (Å²) >= 11 is 0. The molecule has 0 radical (unpaired) electrons. The van der Waals surface area contributed by atoms with Crippen molar-refractivity contribution in [2.24, 2.45) is 0 Å². The number of carbonyl (C=O) groups is 1. The highest BCUT2D eigenvalue weighted by Gasteiger charge is 2.15. The fraction of sp³-hybridized carbons (Fsp3) is 0. The highest BCUT2D eigenvalue weighted by molar-refractivity contribution is 5.89. The molecule has 0 amide bonds. The Morgan fingerprint density at radius 1 is 1.24 bits per heavy atom. The molecule has 6 nitrogen and oxygen atoms in total. The summed E-state index contributed by atoms with van der Waals surface area (Å²) in [5.74, 6) is -2.69. The summed E-state index contributed by atoms with van der Waals surface area (Å²) in [5.41, 5.74) is 0.120. The molecule has 1 aromatic carbocycles. The maximum Gasteiger partial charge on any atom is 0.338 e. The van der Waals surface area contributed by atoms with Crippen molar-refractivity contribution in [2.45, 2.75) is 0 Å². The zero-order valence-corrected chi connectivity index (χ0v) is 10.5. The minimum absolute atomic E-state index is 0.122. The van der Waals surface area contributed by atoms with E-state index in [-0.39, 0.29) is 16.9 Å².